The molecule has 3 aromatic carbocycles. The molecule has 156 valence electrons. The molecular weight excluding hydrogens is 418 g/mol. The number of hydrogen-bond acceptors (Lipinski definition) is 5. The topological polar surface area (TPSA) is 96.9 Å². The van der Waals surface area contributed by atoms with E-state index in [-0.39, 0.29) is 0 Å². The zero-order chi connectivity index (χ0) is 22.2. The zero-order valence-corrected chi connectivity index (χ0v) is 17.2. The van der Waals surface area contributed by atoms with Crippen molar-refractivity contribution in [2.45, 2.75) is 6.92 Å². The Labute approximate surface area is 183 Å². The molecule has 0 unspecified atom stereocenters. The van der Waals surface area contributed by atoms with Gasteiger partial charge in [0.1, 0.15) is 5.75 Å². The molecule has 0 aliphatic rings. The summed E-state index contributed by atoms with van der Waals surface area (Å²) in [6, 6.07) is 20.0. The number of carbonyl (C=O) groups is 3. The van der Waals surface area contributed by atoms with Crippen molar-refractivity contribution < 1.29 is 19.1 Å². The summed E-state index contributed by atoms with van der Waals surface area (Å²) in [4.78, 5) is 36.0. The maximum Gasteiger partial charge on any atom is 0.343 e. The van der Waals surface area contributed by atoms with Crippen LogP contribution in [-0.4, -0.2) is 24.0 Å². The van der Waals surface area contributed by atoms with Crippen LogP contribution in [0.2, 0.25) is 5.02 Å². The van der Waals surface area contributed by atoms with Gasteiger partial charge in [0.05, 0.1) is 11.8 Å². The SMILES string of the molecule is Cc1cccc(C(=O)Oc2cccc(/C=N/NC(=O)C(=O)Nc3ccc(Cl)cc3)c2)c1. The van der Waals surface area contributed by atoms with Crippen molar-refractivity contribution in [3.05, 3.63) is 94.5 Å². The smallest absolute Gasteiger partial charge is 0.343 e. The first-order chi connectivity index (χ1) is 14.9. The quantitative estimate of drug-likeness (QED) is 0.208. The van der Waals surface area contributed by atoms with Crippen LogP contribution in [0.15, 0.2) is 77.9 Å². The lowest BCUT2D eigenvalue weighted by molar-refractivity contribution is -0.136. The van der Waals surface area contributed by atoms with Crippen LogP contribution < -0.4 is 15.5 Å². The number of nitrogens with one attached hydrogen (secondary N) is 2. The van der Waals surface area contributed by atoms with E-state index in [0.717, 1.165) is 5.56 Å². The van der Waals surface area contributed by atoms with Crippen molar-refractivity contribution in [1.29, 1.82) is 0 Å². The van der Waals surface area contributed by atoms with Crippen LogP contribution in [0.3, 0.4) is 0 Å². The molecule has 0 atom stereocenters. The van der Waals surface area contributed by atoms with Gasteiger partial charge in [-0.1, -0.05) is 41.4 Å². The molecule has 0 aliphatic heterocycles. The normalized spacial score (nSPS) is 10.5. The molecular formula is C23H18ClN3O4. The molecule has 0 bridgehead atoms. The number of esters is 1. The van der Waals surface area contributed by atoms with E-state index in [2.05, 4.69) is 15.8 Å². The molecule has 2 amide bonds. The number of ether oxygens (including phenoxy) is 1. The van der Waals surface area contributed by atoms with Crippen molar-refractivity contribution in [3.63, 3.8) is 0 Å². The minimum atomic E-state index is -0.937. The van der Waals surface area contributed by atoms with Gasteiger partial charge in [-0.3, -0.25) is 9.59 Å². The van der Waals surface area contributed by atoms with E-state index in [9.17, 15) is 14.4 Å². The minimum Gasteiger partial charge on any atom is -0.423 e. The molecule has 0 saturated heterocycles. The predicted molar refractivity (Wildman–Crippen MR) is 118 cm³/mol. The summed E-state index contributed by atoms with van der Waals surface area (Å²) in [7, 11) is 0. The van der Waals surface area contributed by atoms with E-state index in [0.29, 0.717) is 27.6 Å². The van der Waals surface area contributed by atoms with Gasteiger partial charge in [0.25, 0.3) is 0 Å². The first kappa shape index (κ1) is 21.7. The molecule has 0 aromatic heterocycles. The van der Waals surface area contributed by atoms with Gasteiger partial charge in [-0.2, -0.15) is 5.10 Å². The fourth-order valence-electron chi connectivity index (χ4n) is 2.53. The van der Waals surface area contributed by atoms with Crippen LogP contribution in [-0.2, 0) is 9.59 Å². The molecule has 0 heterocycles. The monoisotopic (exact) mass is 435 g/mol. The summed E-state index contributed by atoms with van der Waals surface area (Å²) in [5.74, 6) is -1.97. The third kappa shape index (κ3) is 6.52. The number of rotatable bonds is 5. The van der Waals surface area contributed by atoms with Gasteiger partial charge >= 0.3 is 17.8 Å². The lowest BCUT2D eigenvalue weighted by Crippen LogP contribution is -2.32. The average Bonchev–Trinajstić information content (AvgIpc) is 2.75. The van der Waals surface area contributed by atoms with E-state index < -0.39 is 17.8 Å². The molecule has 0 fully saturated rings. The van der Waals surface area contributed by atoms with Gasteiger partial charge < -0.3 is 10.1 Å². The zero-order valence-electron chi connectivity index (χ0n) is 16.5. The van der Waals surface area contributed by atoms with Crippen molar-refractivity contribution in [3.8, 4) is 5.75 Å². The highest BCUT2D eigenvalue weighted by Crippen LogP contribution is 2.15. The molecule has 0 aliphatic carbocycles. The van der Waals surface area contributed by atoms with Crippen LogP contribution in [0, 0.1) is 6.92 Å². The summed E-state index contributed by atoms with van der Waals surface area (Å²) in [6.07, 6.45) is 1.33. The van der Waals surface area contributed by atoms with Gasteiger partial charge in [-0.25, -0.2) is 10.2 Å². The second kappa shape index (κ2) is 10.2. The Morgan fingerprint density at radius 3 is 2.42 bits per heavy atom. The highest BCUT2D eigenvalue weighted by atomic mass is 35.5. The Hall–Kier alpha value is -3.97. The van der Waals surface area contributed by atoms with Crippen LogP contribution in [0.4, 0.5) is 5.69 Å². The van der Waals surface area contributed by atoms with Gasteiger partial charge in [0.2, 0.25) is 0 Å². The Bertz CT molecular complexity index is 1140. The molecule has 0 spiro atoms. The predicted octanol–water partition coefficient (Wildman–Crippen LogP) is 3.96. The maximum absolute atomic E-state index is 12.3. The molecule has 0 radical (unpaired) electrons. The Kier molecular flexibility index (Phi) is 7.13. The standard InChI is InChI=1S/C23H18ClN3O4/c1-15-4-2-6-17(12-15)23(30)31-20-7-3-5-16(13-20)14-25-27-22(29)21(28)26-19-10-8-18(24)9-11-19/h2-14H,1H3,(H,26,28)(H,27,29)/b25-14+. The first-order valence-corrected chi connectivity index (χ1v) is 9.57. The number of hydrazone groups is 1. The molecule has 7 nitrogen and oxygen atoms in total. The number of halogens is 1. The summed E-state index contributed by atoms with van der Waals surface area (Å²) in [5, 5.41) is 6.70. The molecule has 31 heavy (non-hydrogen) atoms. The van der Waals surface area contributed by atoms with E-state index >= 15 is 0 Å². The second-order valence-corrected chi connectivity index (χ2v) is 6.93. The van der Waals surface area contributed by atoms with Gasteiger partial charge in [-0.15, -0.1) is 0 Å². The first-order valence-electron chi connectivity index (χ1n) is 9.19. The Morgan fingerprint density at radius 2 is 1.68 bits per heavy atom. The third-order valence-electron chi connectivity index (χ3n) is 4.01. The van der Waals surface area contributed by atoms with Crippen LogP contribution >= 0.6 is 11.6 Å². The highest BCUT2D eigenvalue weighted by Gasteiger charge is 2.13. The summed E-state index contributed by atoms with van der Waals surface area (Å²) < 4.78 is 5.38. The molecule has 8 heteroatoms. The second-order valence-electron chi connectivity index (χ2n) is 6.49. The number of nitrogens with zero attached hydrogens (tertiary/aromatic N) is 1. The lowest BCUT2D eigenvalue weighted by Gasteiger charge is -2.06. The van der Waals surface area contributed by atoms with Gasteiger partial charge in [0, 0.05) is 10.7 Å². The van der Waals surface area contributed by atoms with Crippen molar-refractivity contribution in [1.82, 2.24) is 5.43 Å². The van der Waals surface area contributed by atoms with E-state index in [4.69, 9.17) is 16.3 Å². The number of amides is 2. The van der Waals surface area contributed by atoms with Crippen molar-refractivity contribution in [2.24, 2.45) is 5.10 Å². The number of benzene rings is 3. The average molecular weight is 436 g/mol. The van der Waals surface area contributed by atoms with Gasteiger partial charge in [0.15, 0.2) is 0 Å². The molecule has 0 saturated carbocycles. The summed E-state index contributed by atoms with van der Waals surface area (Å²) in [6.45, 7) is 1.89. The Morgan fingerprint density at radius 1 is 0.935 bits per heavy atom. The molecule has 2 N–H and O–H groups in total. The van der Waals surface area contributed by atoms with Gasteiger partial charge in [-0.05, 0) is 61.0 Å². The van der Waals surface area contributed by atoms with Crippen molar-refractivity contribution >= 4 is 41.3 Å². The molecule has 3 rings (SSSR count). The van der Waals surface area contributed by atoms with Crippen LogP contribution in [0.25, 0.3) is 0 Å². The van der Waals surface area contributed by atoms with E-state index in [1.54, 1.807) is 66.7 Å². The van der Waals surface area contributed by atoms with Crippen molar-refractivity contribution in [2.75, 3.05) is 5.32 Å². The fourth-order valence-corrected chi connectivity index (χ4v) is 2.66. The van der Waals surface area contributed by atoms with E-state index in [1.807, 2.05) is 13.0 Å². The number of aryl methyl sites for hydroxylation is 1. The summed E-state index contributed by atoms with van der Waals surface area (Å²) >= 11 is 5.78. The number of carbonyl (C=O) groups excluding carboxylic acids is 3. The third-order valence-corrected chi connectivity index (χ3v) is 4.26. The fraction of sp³-hybridized carbons (Fsp3) is 0.0435. The minimum absolute atomic E-state index is 0.322. The lowest BCUT2D eigenvalue weighted by atomic mass is 10.1. The Balaban J connectivity index is 1.56. The maximum atomic E-state index is 12.3. The van der Waals surface area contributed by atoms with E-state index in [1.165, 1.54) is 6.21 Å². The summed E-state index contributed by atoms with van der Waals surface area (Å²) in [5.41, 5.74) is 4.52. The van der Waals surface area contributed by atoms with Crippen LogP contribution in [0.5, 0.6) is 5.75 Å². The molecule has 3 aromatic rings. The number of anilines is 1. The number of hydrogen-bond donors (Lipinski definition) is 2. The largest absolute Gasteiger partial charge is 0.423 e. The van der Waals surface area contributed by atoms with Crippen LogP contribution in [0.1, 0.15) is 21.5 Å². The highest BCUT2D eigenvalue weighted by molar-refractivity contribution is 6.39.